The maximum atomic E-state index is 11.5. The van der Waals surface area contributed by atoms with Crippen molar-refractivity contribution < 1.29 is 18.3 Å². The van der Waals surface area contributed by atoms with E-state index in [0.29, 0.717) is 6.42 Å². The molecular weight excluding hydrogens is 157 g/mol. The van der Waals surface area contributed by atoms with Crippen molar-refractivity contribution in [3.8, 4) is 0 Å². The average molecular weight is 170 g/mol. The van der Waals surface area contributed by atoms with Crippen molar-refractivity contribution in [3.63, 3.8) is 0 Å². The van der Waals surface area contributed by atoms with Gasteiger partial charge in [-0.15, -0.1) is 0 Å². The Labute approximate surface area is 64.2 Å². The van der Waals surface area contributed by atoms with Gasteiger partial charge in [-0.3, -0.25) is 0 Å². The fraction of sp³-hybridized carbons (Fsp3) is 1.00. The van der Waals surface area contributed by atoms with Crippen molar-refractivity contribution in [2.75, 3.05) is 0 Å². The molecule has 4 heteroatoms. The van der Waals surface area contributed by atoms with Gasteiger partial charge in [-0.2, -0.15) is 13.2 Å². The number of hydrogen-bond acceptors (Lipinski definition) is 1. The van der Waals surface area contributed by atoms with Crippen LogP contribution in [0.2, 0.25) is 0 Å². The number of alkyl halides is 3. The highest BCUT2D eigenvalue weighted by Gasteiger charge is 2.26. The van der Waals surface area contributed by atoms with E-state index in [1.54, 1.807) is 6.92 Å². The van der Waals surface area contributed by atoms with Gasteiger partial charge in [-0.25, -0.2) is 0 Å². The Hall–Kier alpha value is -0.250. The molecule has 1 atom stereocenters. The van der Waals surface area contributed by atoms with Crippen molar-refractivity contribution >= 4 is 0 Å². The highest BCUT2D eigenvalue weighted by Crippen LogP contribution is 2.22. The standard InChI is InChI=1S/C7H13F3O/c1-2-6(11)4-3-5-7(8,9)10/h6,11H,2-5H2,1H3. The molecule has 0 rings (SSSR count). The van der Waals surface area contributed by atoms with Gasteiger partial charge < -0.3 is 5.11 Å². The maximum Gasteiger partial charge on any atom is 0.389 e. The van der Waals surface area contributed by atoms with E-state index < -0.39 is 18.7 Å². The molecule has 1 N–H and O–H groups in total. The second-order valence-electron chi connectivity index (χ2n) is 2.57. The maximum absolute atomic E-state index is 11.5. The molecule has 0 aromatic rings. The quantitative estimate of drug-likeness (QED) is 0.687. The van der Waals surface area contributed by atoms with Crippen LogP contribution < -0.4 is 0 Å². The molecule has 0 aliphatic carbocycles. The number of aliphatic hydroxyl groups is 1. The molecular formula is C7H13F3O. The van der Waals surface area contributed by atoms with Crippen LogP contribution in [0.3, 0.4) is 0 Å². The molecule has 0 amide bonds. The topological polar surface area (TPSA) is 20.2 Å². The largest absolute Gasteiger partial charge is 0.393 e. The van der Waals surface area contributed by atoms with Crippen LogP contribution in [0.1, 0.15) is 32.6 Å². The fourth-order valence-electron chi connectivity index (χ4n) is 0.742. The summed E-state index contributed by atoms with van der Waals surface area (Å²) in [5.41, 5.74) is 0. The summed E-state index contributed by atoms with van der Waals surface area (Å²) in [5.74, 6) is 0. The molecule has 0 radical (unpaired) electrons. The molecule has 0 aliphatic rings. The van der Waals surface area contributed by atoms with Crippen LogP contribution in [0.5, 0.6) is 0 Å². The van der Waals surface area contributed by atoms with Gasteiger partial charge in [0, 0.05) is 6.42 Å². The average Bonchev–Trinajstić information content (AvgIpc) is 1.85. The Bertz CT molecular complexity index is 100. The van der Waals surface area contributed by atoms with E-state index in [1.807, 2.05) is 0 Å². The minimum atomic E-state index is -4.08. The van der Waals surface area contributed by atoms with Gasteiger partial charge in [0.05, 0.1) is 6.10 Å². The lowest BCUT2D eigenvalue weighted by Crippen LogP contribution is -2.10. The summed E-state index contributed by atoms with van der Waals surface area (Å²) in [6.07, 6.45) is -4.64. The first-order valence-electron chi connectivity index (χ1n) is 3.70. The summed E-state index contributed by atoms with van der Waals surface area (Å²) in [6.45, 7) is 1.75. The summed E-state index contributed by atoms with van der Waals surface area (Å²) >= 11 is 0. The van der Waals surface area contributed by atoms with Gasteiger partial charge in [0.15, 0.2) is 0 Å². The Morgan fingerprint density at radius 2 is 1.91 bits per heavy atom. The first-order valence-corrected chi connectivity index (χ1v) is 3.70. The number of rotatable bonds is 4. The third-order valence-electron chi connectivity index (χ3n) is 1.47. The summed E-state index contributed by atoms with van der Waals surface area (Å²) in [6, 6.07) is 0. The van der Waals surface area contributed by atoms with Crippen molar-refractivity contribution in [1.82, 2.24) is 0 Å². The normalized spacial score (nSPS) is 15.0. The van der Waals surface area contributed by atoms with Crippen molar-refractivity contribution in [2.24, 2.45) is 0 Å². The summed E-state index contributed by atoms with van der Waals surface area (Å²) in [4.78, 5) is 0. The van der Waals surface area contributed by atoms with E-state index in [1.165, 1.54) is 0 Å². The molecule has 68 valence electrons. The second-order valence-corrected chi connectivity index (χ2v) is 2.57. The van der Waals surface area contributed by atoms with Crippen LogP contribution in [0, 0.1) is 0 Å². The second kappa shape index (κ2) is 4.59. The first-order chi connectivity index (χ1) is 4.95. The lowest BCUT2D eigenvalue weighted by atomic mass is 10.1. The summed E-state index contributed by atoms with van der Waals surface area (Å²) in [5, 5.41) is 8.89. The van der Waals surface area contributed by atoms with Crippen molar-refractivity contribution in [1.29, 1.82) is 0 Å². The molecule has 0 heterocycles. The van der Waals surface area contributed by atoms with Crippen LogP contribution in [-0.2, 0) is 0 Å². The zero-order chi connectivity index (χ0) is 8.91. The van der Waals surface area contributed by atoms with Crippen LogP contribution in [0.15, 0.2) is 0 Å². The zero-order valence-corrected chi connectivity index (χ0v) is 6.49. The Morgan fingerprint density at radius 3 is 2.27 bits per heavy atom. The minimum absolute atomic E-state index is 0.0263. The SMILES string of the molecule is CCC(O)CCCC(F)(F)F. The molecule has 0 aliphatic heterocycles. The van der Waals surface area contributed by atoms with Crippen molar-refractivity contribution in [2.45, 2.75) is 44.9 Å². The third kappa shape index (κ3) is 7.65. The predicted molar refractivity (Wildman–Crippen MR) is 36.2 cm³/mol. The van der Waals surface area contributed by atoms with Crippen LogP contribution in [0.4, 0.5) is 13.2 Å². The fourth-order valence-corrected chi connectivity index (χ4v) is 0.742. The highest BCUT2D eigenvalue weighted by molar-refractivity contribution is 4.56. The predicted octanol–water partition coefficient (Wildman–Crippen LogP) is 2.49. The van der Waals surface area contributed by atoms with Crippen molar-refractivity contribution in [3.05, 3.63) is 0 Å². The molecule has 1 nitrogen and oxygen atoms in total. The number of hydrogen-bond donors (Lipinski definition) is 1. The van der Waals surface area contributed by atoms with E-state index in [0.717, 1.165) is 0 Å². The number of halogens is 3. The van der Waals surface area contributed by atoms with E-state index in [-0.39, 0.29) is 12.8 Å². The molecule has 11 heavy (non-hydrogen) atoms. The molecule has 0 aromatic heterocycles. The molecule has 0 fully saturated rings. The smallest absolute Gasteiger partial charge is 0.389 e. The van der Waals surface area contributed by atoms with Gasteiger partial charge in [0.2, 0.25) is 0 Å². The highest BCUT2D eigenvalue weighted by atomic mass is 19.4. The van der Waals surface area contributed by atoms with Crippen LogP contribution >= 0.6 is 0 Å². The lowest BCUT2D eigenvalue weighted by molar-refractivity contribution is -0.136. The monoisotopic (exact) mass is 170 g/mol. The van der Waals surface area contributed by atoms with E-state index in [2.05, 4.69) is 0 Å². The summed E-state index contributed by atoms with van der Waals surface area (Å²) < 4.78 is 34.6. The molecule has 0 aromatic carbocycles. The Morgan fingerprint density at radius 1 is 1.36 bits per heavy atom. The third-order valence-corrected chi connectivity index (χ3v) is 1.47. The number of aliphatic hydroxyl groups excluding tert-OH is 1. The lowest BCUT2D eigenvalue weighted by Gasteiger charge is -2.08. The van der Waals surface area contributed by atoms with Crippen LogP contribution in [0.25, 0.3) is 0 Å². The molecule has 0 saturated carbocycles. The van der Waals surface area contributed by atoms with E-state index in [4.69, 9.17) is 5.11 Å². The van der Waals surface area contributed by atoms with Gasteiger partial charge in [0.25, 0.3) is 0 Å². The molecule has 0 saturated heterocycles. The Balaban J connectivity index is 3.28. The Kier molecular flexibility index (Phi) is 4.49. The van der Waals surface area contributed by atoms with Gasteiger partial charge in [0.1, 0.15) is 0 Å². The van der Waals surface area contributed by atoms with E-state index in [9.17, 15) is 13.2 Å². The van der Waals surface area contributed by atoms with E-state index >= 15 is 0 Å². The van der Waals surface area contributed by atoms with Gasteiger partial charge in [-0.1, -0.05) is 6.92 Å². The van der Waals surface area contributed by atoms with Crippen LogP contribution in [-0.4, -0.2) is 17.4 Å². The summed E-state index contributed by atoms with van der Waals surface area (Å²) in [7, 11) is 0. The zero-order valence-electron chi connectivity index (χ0n) is 6.49. The van der Waals surface area contributed by atoms with Gasteiger partial charge in [-0.05, 0) is 19.3 Å². The van der Waals surface area contributed by atoms with Gasteiger partial charge >= 0.3 is 6.18 Å². The first kappa shape index (κ1) is 10.8. The molecule has 0 spiro atoms. The molecule has 1 unspecified atom stereocenters. The minimum Gasteiger partial charge on any atom is -0.393 e. The molecule has 0 bridgehead atoms.